The van der Waals surface area contributed by atoms with Crippen LogP contribution < -0.4 is 11.1 Å². The van der Waals surface area contributed by atoms with E-state index in [0.717, 1.165) is 11.1 Å². The predicted octanol–water partition coefficient (Wildman–Crippen LogP) is 0.192. The molecule has 0 atom stereocenters. The van der Waals surface area contributed by atoms with Gasteiger partial charge in [-0.3, -0.25) is 4.79 Å². The molecule has 97 valence electrons. The molecule has 1 radical (unpaired) electrons. The minimum Gasteiger partial charge on any atom is -0.870 e. The summed E-state index contributed by atoms with van der Waals surface area (Å²) in [4.78, 5) is 11.0. The van der Waals surface area contributed by atoms with Crippen LogP contribution in [0, 0.1) is 0 Å². The second-order valence-corrected chi connectivity index (χ2v) is 3.70. The molecule has 5 nitrogen and oxygen atoms in total. The SMILES string of the molecule is NCc1cccc(CNC(=O)CI)c1.O.[OH-].[V]. The molecule has 17 heavy (non-hydrogen) atoms. The van der Waals surface area contributed by atoms with Gasteiger partial charge in [0.15, 0.2) is 0 Å². The van der Waals surface area contributed by atoms with Crippen LogP contribution in [0.15, 0.2) is 24.3 Å². The molecule has 0 aliphatic rings. The van der Waals surface area contributed by atoms with E-state index in [2.05, 4.69) is 5.32 Å². The van der Waals surface area contributed by atoms with Crippen LogP contribution in [0.4, 0.5) is 0 Å². The summed E-state index contributed by atoms with van der Waals surface area (Å²) in [6.07, 6.45) is 0. The summed E-state index contributed by atoms with van der Waals surface area (Å²) in [6, 6.07) is 7.91. The van der Waals surface area contributed by atoms with E-state index in [4.69, 9.17) is 5.73 Å². The summed E-state index contributed by atoms with van der Waals surface area (Å²) in [7, 11) is 0. The van der Waals surface area contributed by atoms with E-state index < -0.39 is 0 Å². The predicted molar refractivity (Wildman–Crippen MR) is 70.6 cm³/mol. The molecule has 0 saturated heterocycles. The third kappa shape index (κ3) is 8.59. The molecule has 1 aromatic rings. The summed E-state index contributed by atoms with van der Waals surface area (Å²) in [5, 5.41) is 2.81. The molecule has 0 spiro atoms. The molecule has 6 N–H and O–H groups in total. The Labute approximate surface area is 126 Å². The zero-order chi connectivity index (χ0) is 10.4. The first kappa shape index (κ1) is 22.1. The first-order chi connectivity index (χ1) is 6.76. The molecule has 0 saturated carbocycles. The summed E-state index contributed by atoms with van der Waals surface area (Å²) >= 11 is 2.04. The quantitative estimate of drug-likeness (QED) is 0.565. The van der Waals surface area contributed by atoms with Crippen molar-refractivity contribution >= 4 is 28.5 Å². The molecule has 0 heterocycles. The van der Waals surface area contributed by atoms with Gasteiger partial charge in [-0.15, -0.1) is 0 Å². The van der Waals surface area contributed by atoms with Gasteiger partial charge in [0.1, 0.15) is 0 Å². The van der Waals surface area contributed by atoms with E-state index in [9.17, 15) is 4.79 Å². The summed E-state index contributed by atoms with van der Waals surface area (Å²) in [5.74, 6) is 0.0590. The standard InChI is InChI=1S/C10H13IN2O.2H2O.V/c11-5-10(14)13-7-9-3-1-2-8(4-9)6-12;;;/h1-4H,5-7,12H2,(H,13,14);2*1H2;/p-1. The van der Waals surface area contributed by atoms with Crippen molar-refractivity contribution in [2.24, 2.45) is 5.73 Å². The number of nitrogens with one attached hydrogen (secondary N) is 1. The van der Waals surface area contributed by atoms with Crippen LogP contribution in [-0.2, 0) is 36.4 Å². The van der Waals surface area contributed by atoms with Gasteiger partial charge in [-0.2, -0.15) is 0 Å². The van der Waals surface area contributed by atoms with Gasteiger partial charge in [-0.05, 0) is 11.1 Å². The fraction of sp³-hybridized carbons (Fsp3) is 0.300. The number of amides is 1. The van der Waals surface area contributed by atoms with Crippen molar-refractivity contribution in [3.63, 3.8) is 0 Å². The van der Waals surface area contributed by atoms with Crippen molar-refractivity contribution in [3.05, 3.63) is 35.4 Å². The Morgan fingerprint density at radius 2 is 1.94 bits per heavy atom. The number of alkyl halides is 1. The average molecular weight is 390 g/mol. The zero-order valence-electron chi connectivity index (χ0n) is 9.19. The first-order valence-corrected chi connectivity index (χ1v) is 5.89. The molecular formula is C10H16IN2O3V-. The van der Waals surface area contributed by atoms with Crippen molar-refractivity contribution in [3.8, 4) is 0 Å². The summed E-state index contributed by atoms with van der Waals surface area (Å²) in [6.45, 7) is 1.11. The molecule has 1 aromatic carbocycles. The Kier molecular flexibility index (Phi) is 16.0. The number of carbonyl (C=O) groups is 1. The van der Waals surface area contributed by atoms with Crippen molar-refractivity contribution in [1.29, 1.82) is 0 Å². The molecule has 1 rings (SSSR count). The van der Waals surface area contributed by atoms with Crippen molar-refractivity contribution in [2.75, 3.05) is 4.43 Å². The van der Waals surface area contributed by atoms with E-state index in [-0.39, 0.29) is 35.4 Å². The van der Waals surface area contributed by atoms with Crippen molar-refractivity contribution in [1.82, 2.24) is 5.32 Å². The maximum absolute atomic E-state index is 11.0. The first-order valence-electron chi connectivity index (χ1n) is 4.37. The van der Waals surface area contributed by atoms with Crippen LogP contribution >= 0.6 is 22.6 Å². The molecule has 0 aliphatic carbocycles. The van der Waals surface area contributed by atoms with Crippen molar-refractivity contribution in [2.45, 2.75) is 13.1 Å². The second kappa shape index (κ2) is 12.3. The fourth-order valence-electron chi connectivity index (χ4n) is 1.11. The van der Waals surface area contributed by atoms with E-state index >= 15 is 0 Å². The Morgan fingerprint density at radius 3 is 2.47 bits per heavy atom. The van der Waals surface area contributed by atoms with Gasteiger partial charge in [0.2, 0.25) is 5.91 Å². The van der Waals surface area contributed by atoms with E-state index in [1.54, 1.807) is 0 Å². The normalized spacial score (nSPS) is 8.12. The van der Waals surface area contributed by atoms with Gasteiger partial charge in [0.25, 0.3) is 0 Å². The summed E-state index contributed by atoms with van der Waals surface area (Å²) in [5.41, 5.74) is 7.69. The molecule has 7 heteroatoms. The van der Waals surface area contributed by atoms with Crippen molar-refractivity contribution < 1.29 is 34.3 Å². The monoisotopic (exact) mass is 390 g/mol. The van der Waals surface area contributed by atoms with Gasteiger partial charge in [-0.1, -0.05) is 46.9 Å². The molecular weight excluding hydrogens is 374 g/mol. The number of nitrogens with two attached hydrogens (primary N) is 1. The van der Waals surface area contributed by atoms with Crippen LogP contribution in [0.2, 0.25) is 0 Å². The van der Waals surface area contributed by atoms with Gasteiger partial charge in [0, 0.05) is 31.6 Å². The van der Waals surface area contributed by atoms with Crippen LogP contribution in [0.1, 0.15) is 11.1 Å². The molecule has 0 bridgehead atoms. The summed E-state index contributed by atoms with van der Waals surface area (Å²) < 4.78 is 0.494. The van der Waals surface area contributed by atoms with Gasteiger partial charge < -0.3 is 22.0 Å². The van der Waals surface area contributed by atoms with Gasteiger partial charge in [-0.25, -0.2) is 0 Å². The third-order valence-electron chi connectivity index (χ3n) is 1.84. The number of benzene rings is 1. The van der Waals surface area contributed by atoms with E-state index in [0.29, 0.717) is 17.5 Å². The maximum Gasteiger partial charge on any atom is 0.230 e. The number of hydrogen-bond donors (Lipinski definition) is 2. The molecule has 0 aliphatic heterocycles. The van der Waals surface area contributed by atoms with Gasteiger partial charge in [0.05, 0.1) is 4.43 Å². The minimum absolute atomic E-state index is 0. The Balaban J connectivity index is -0.000000653. The van der Waals surface area contributed by atoms with Crippen LogP contribution in [0.25, 0.3) is 0 Å². The third-order valence-corrected chi connectivity index (χ3v) is 2.53. The Hall–Kier alpha value is -0.116. The molecule has 0 unspecified atom stereocenters. The second-order valence-electron chi connectivity index (χ2n) is 2.93. The Morgan fingerprint density at radius 1 is 1.35 bits per heavy atom. The Bertz CT molecular complexity index is 326. The van der Waals surface area contributed by atoms with E-state index in [1.165, 1.54) is 0 Å². The number of halogens is 1. The number of rotatable bonds is 4. The smallest absolute Gasteiger partial charge is 0.230 e. The topological polar surface area (TPSA) is 117 Å². The largest absolute Gasteiger partial charge is 0.870 e. The van der Waals surface area contributed by atoms with Gasteiger partial charge >= 0.3 is 0 Å². The molecule has 0 aromatic heterocycles. The number of hydrogen-bond acceptors (Lipinski definition) is 3. The maximum atomic E-state index is 11.0. The minimum atomic E-state index is 0. The average Bonchev–Trinajstić information content (AvgIpc) is 2.26. The molecule has 1 amide bonds. The zero-order valence-corrected chi connectivity index (χ0v) is 12.7. The van der Waals surface area contributed by atoms with Crippen LogP contribution in [-0.4, -0.2) is 21.3 Å². The number of carbonyl (C=O) groups excluding carboxylic acids is 1. The molecule has 0 fully saturated rings. The van der Waals surface area contributed by atoms with E-state index in [1.807, 2.05) is 46.9 Å². The van der Waals surface area contributed by atoms with Crippen LogP contribution in [0.5, 0.6) is 0 Å². The fourth-order valence-corrected chi connectivity index (χ4v) is 1.38. The van der Waals surface area contributed by atoms with Crippen LogP contribution in [0.3, 0.4) is 0 Å².